The number of nitrogens with two attached hydrogens (primary N) is 1. The lowest BCUT2D eigenvalue weighted by Gasteiger charge is -2.33. The van der Waals surface area contributed by atoms with E-state index in [0.29, 0.717) is 17.1 Å². The molecule has 0 saturated carbocycles. The summed E-state index contributed by atoms with van der Waals surface area (Å²) in [5, 5.41) is 2.36. The van der Waals surface area contributed by atoms with Crippen molar-refractivity contribution in [2.75, 3.05) is 43.4 Å². The maximum absolute atomic E-state index is 15.5. The lowest BCUT2D eigenvalue weighted by molar-refractivity contribution is -0.140. The Morgan fingerprint density at radius 1 is 1.24 bits per heavy atom. The zero-order valence-electron chi connectivity index (χ0n) is 25.1. The third kappa shape index (κ3) is 4.96. The molecule has 4 atom stereocenters. The first-order chi connectivity index (χ1) is 21.9. The van der Waals surface area contributed by atoms with Crippen molar-refractivity contribution in [2.24, 2.45) is 11.8 Å². The molecule has 3 N–H and O–H groups in total. The zero-order chi connectivity index (χ0) is 32.5. The molecule has 0 bridgehead atoms. The first-order valence-electron chi connectivity index (χ1n) is 15.2. The summed E-state index contributed by atoms with van der Waals surface area (Å²) >= 11 is 0. The van der Waals surface area contributed by atoms with E-state index in [0.717, 1.165) is 44.0 Å². The molecule has 10 nitrogen and oxygen atoms in total. The minimum absolute atomic E-state index is 0.00241. The molecule has 5 aliphatic rings. The second kappa shape index (κ2) is 10.9. The topological polar surface area (TPSA) is 123 Å². The van der Waals surface area contributed by atoms with Crippen LogP contribution in [0.1, 0.15) is 60.2 Å². The SMILES string of the molecule is C=C1CN2CCC[C@@]2(COc2nc3c(c(N4CC5C(=O)NC(=O)C5C4)n2)COC(c2c(F)c(N)cc(C#CC)c2C(F)(F)F)C3)C1. The number of alkyl halides is 3. The van der Waals surface area contributed by atoms with Crippen molar-refractivity contribution >= 4 is 23.3 Å². The maximum Gasteiger partial charge on any atom is 0.418 e. The molecule has 46 heavy (non-hydrogen) atoms. The summed E-state index contributed by atoms with van der Waals surface area (Å²) < 4.78 is 71.0. The first-order valence-corrected chi connectivity index (χ1v) is 15.2. The van der Waals surface area contributed by atoms with E-state index in [-0.39, 0.29) is 56.1 Å². The van der Waals surface area contributed by atoms with Gasteiger partial charge in [0.25, 0.3) is 0 Å². The van der Waals surface area contributed by atoms with E-state index < -0.39 is 52.3 Å². The third-order valence-electron chi connectivity index (χ3n) is 9.80. The Balaban J connectivity index is 1.28. The van der Waals surface area contributed by atoms with Gasteiger partial charge in [0.05, 0.1) is 47.0 Å². The Morgan fingerprint density at radius 2 is 1.98 bits per heavy atom. The summed E-state index contributed by atoms with van der Waals surface area (Å²) in [5.74, 6) is 2.12. The van der Waals surface area contributed by atoms with Gasteiger partial charge in [0, 0.05) is 42.7 Å². The van der Waals surface area contributed by atoms with Gasteiger partial charge in [0.15, 0.2) is 5.82 Å². The molecule has 5 aliphatic heterocycles. The average Bonchev–Trinajstić information content (AvgIpc) is 3.73. The van der Waals surface area contributed by atoms with Crippen molar-refractivity contribution in [2.45, 2.75) is 57.0 Å². The number of carbonyl (C=O) groups is 2. The van der Waals surface area contributed by atoms with Crippen molar-refractivity contribution in [1.29, 1.82) is 0 Å². The van der Waals surface area contributed by atoms with Crippen LogP contribution in [-0.2, 0) is 33.5 Å². The standard InChI is InChI=1S/C32H32F4N6O4/c1-3-5-17-8-21(37)26(33)24(25(17)32(34,35)36)23-9-22-20(14-45-23)27(41-12-18-19(13-41)29(44)40-28(18)43)39-30(38-22)46-15-31-6-4-7-42(31)11-16(2)10-31/h8,18-19,23H,2,4,6-7,9-15,37H2,1H3,(H,40,43,44)/t18?,19?,23?,31-/m0/s1. The van der Waals surface area contributed by atoms with E-state index in [9.17, 15) is 22.8 Å². The molecule has 1 aromatic heterocycles. The van der Waals surface area contributed by atoms with Crippen molar-refractivity contribution in [1.82, 2.24) is 20.2 Å². The third-order valence-corrected chi connectivity index (χ3v) is 9.80. The Hall–Kier alpha value is -4.22. The number of nitrogen functional groups attached to an aromatic ring is 1. The molecule has 0 aliphatic carbocycles. The highest BCUT2D eigenvalue weighted by molar-refractivity contribution is 6.06. The van der Waals surface area contributed by atoms with Crippen LogP contribution in [0.4, 0.5) is 29.1 Å². The lowest BCUT2D eigenvalue weighted by atomic mass is 9.91. The Morgan fingerprint density at radius 3 is 2.67 bits per heavy atom. The van der Waals surface area contributed by atoms with Crippen LogP contribution < -0.4 is 20.7 Å². The average molecular weight is 641 g/mol. The van der Waals surface area contributed by atoms with Crippen LogP contribution in [0, 0.1) is 29.5 Å². The number of ether oxygens (including phenoxy) is 2. The molecule has 0 radical (unpaired) electrons. The first kappa shape index (κ1) is 30.4. The van der Waals surface area contributed by atoms with E-state index >= 15 is 4.39 Å². The quantitative estimate of drug-likeness (QED) is 0.167. The lowest BCUT2D eigenvalue weighted by Crippen LogP contribution is -2.43. The van der Waals surface area contributed by atoms with Gasteiger partial charge in [-0.3, -0.25) is 19.8 Å². The van der Waals surface area contributed by atoms with Gasteiger partial charge in [-0.05, 0) is 38.8 Å². The predicted octanol–water partition coefficient (Wildman–Crippen LogP) is 3.28. The number of benzene rings is 1. The summed E-state index contributed by atoms with van der Waals surface area (Å²) in [4.78, 5) is 38.3. The minimum Gasteiger partial charge on any atom is -0.461 e. The van der Waals surface area contributed by atoms with Crippen LogP contribution in [0.2, 0.25) is 0 Å². The van der Waals surface area contributed by atoms with Crippen LogP contribution in [-0.4, -0.2) is 65.0 Å². The van der Waals surface area contributed by atoms with Gasteiger partial charge >= 0.3 is 12.2 Å². The number of carbonyl (C=O) groups excluding carboxylic acids is 2. The molecule has 0 spiro atoms. The molecule has 4 saturated heterocycles. The number of nitrogens with zero attached hydrogens (tertiary/aromatic N) is 4. The summed E-state index contributed by atoms with van der Waals surface area (Å²) in [5.41, 5.74) is 4.57. The number of halogens is 4. The molecule has 242 valence electrons. The summed E-state index contributed by atoms with van der Waals surface area (Å²) in [6.45, 7) is 7.66. The van der Waals surface area contributed by atoms with Crippen LogP contribution in [0.5, 0.6) is 6.01 Å². The molecular formula is C32H32F4N6O4. The minimum atomic E-state index is -4.95. The largest absolute Gasteiger partial charge is 0.461 e. The van der Waals surface area contributed by atoms with Gasteiger partial charge in [-0.2, -0.15) is 23.1 Å². The van der Waals surface area contributed by atoms with Crippen LogP contribution in [0.3, 0.4) is 0 Å². The summed E-state index contributed by atoms with van der Waals surface area (Å²) in [6.07, 6.45) is -3.90. The molecule has 2 amide bonds. The summed E-state index contributed by atoms with van der Waals surface area (Å²) in [6, 6.07) is 0.884. The van der Waals surface area contributed by atoms with Crippen LogP contribution in [0.15, 0.2) is 18.2 Å². The summed E-state index contributed by atoms with van der Waals surface area (Å²) in [7, 11) is 0. The Kier molecular flexibility index (Phi) is 7.24. The fraction of sp³-hybridized carbons (Fsp3) is 0.500. The van der Waals surface area contributed by atoms with Crippen molar-refractivity contribution in [3.63, 3.8) is 0 Å². The molecule has 3 unspecified atom stereocenters. The van der Waals surface area contributed by atoms with Crippen molar-refractivity contribution < 1.29 is 36.6 Å². The number of aromatic nitrogens is 2. The second-order valence-electron chi connectivity index (χ2n) is 12.7. The second-order valence-corrected chi connectivity index (χ2v) is 12.7. The van der Waals surface area contributed by atoms with Gasteiger partial charge in [0.1, 0.15) is 12.4 Å². The predicted molar refractivity (Wildman–Crippen MR) is 157 cm³/mol. The van der Waals surface area contributed by atoms with Crippen molar-refractivity contribution in [3.8, 4) is 17.9 Å². The smallest absolute Gasteiger partial charge is 0.418 e. The number of nitrogens with one attached hydrogen (secondary N) is 1. The maximum atomic E-state index is 15.5. The van der Waals surface area contributed by atoms with Gasteiger partial charge < -0.3 is 20.1 Å². The number of hydrogen-bond donors (Lipinski definition) is 2. The Bertz CT molecular complexity index is 1710. The van der Waals surface area contributed by atoms with Gasteiger partial charge in [-0.25, -0.2) is 4.39 Å². The number of fused-ring (bicyclic) bond motifs is 3. The van der Waals surface area contributed by atoms with E-state index in [1.165, 1.54) is 6.92 Å². The molecule has 6 heterocycles. The fourth-order valence-electron chi connectivity index (χ4n) is 7.74. The highest BCUT2D eigenvalue weighted by Crippen LogP contribution is 2.46. The molecule has 7 rings (SSSR count). The molecule has 1 aromatic carbocycles. The highest BCUT2D eigenvalue weighted by Gasteiger charge is 2.50. The van der Waals surface area contributed by atoms with Gasteiger partial charge in [-0.15, -0.1) is 5.92 Å². The van der Waals surface area contributed by atoms with Crippen LogP contribution >= 0.6 is 0 Å². The highest BCUT2D eigenvalue weighted by atomic mass is 19.4. The van der Waals surface area contributed by atoms with Gasteiger partial charge in [-0.1, -0.05) is 18.1 Å². The Labute approximate surface area is 262 Å². The number of rotatable bonds is 5. The fourth-order valence-corrected chi connectivity index (χ4v) is 7.74. The van der Waals surface area contributed by atoms with E-state index in [1.54, 1.807) is 4.90 Å². The molecule has 14 heteroatoms. The number of imide groups is 1. The molecule has 2 aromatic rings. The number of hydrogen-bond acceptors (Lipinski definition) is 9. The van der Waals surface area contributed by atoms with Gasteiger partial charge in [0.2, 0.25) is 11.8 Å². The molecule has 4 fully saturated rings. The van der Waals surface area contributed by atoms with E-state index in [2.05, 4.69) is 33.6 Å². The zero-order valence-corrected chi connectivity index (χ0v) is 25.1. The van der Waals surface area contributed by atoms with Crippen molar-refractivity contribution in [3.05, 3.63) is 52.0 Å². The van der Waals surface area contributed by atoms with E-state index in [4.69, 9.17) is 20.2 Å². The van der Waals surface area contributed by atoms with E-state index in [1.807, 2.05) is 0 Å². The molecular weight excluding hydrogens is 608 g/mol. The van der Waals surface area contributed by atoms with Crippen LogP contribution in [0.25, 0.3) is 0 Å². The number of amides is 2. The number of anilines is 2. The normalized spacial score (nSPS) is 27.3. The monoisotopic (exact) mass is 640 g/mol.